The van der Waals surface area contributed by atoms with Crippen LogP contribution >= 0.6 is 0 Å². The van der Waals surface area contributed by atoms with Crippen LogP contribution in [0.3, 0.4) is 0 Å². The van der Waals surface area contributed by atoms with E-state index in [2.05, 4.69) is 0 Å². The van der Waals surface area contributed by atoms with Crippen molar-refractivity contribution in [1.82, 2.24) is 0 Å². The van der Waals surface area contributed by atoms with E-state index in [1.165, 1.54) is 0 Å². The van der Waals surface area contributed by atoms with Crippen LogP contribution in [0.2, 0.25) is 0 Å². The van der Waals surface area contributed by atoms with Crippen LogP contribution in [0.25, 0.3) is 0 Å². The Kier molecular flexibility index (Phi) is 52.5. The van der Waals surface area contributed by atoms with E-state index in [1.807, 2.05) is 0 Å². The molecule has 40 valence electrons. The van der Waals surface area contributed by atoms with Gasteiger partial charge in [-0.2, -0.15) is 0 Å². The maximum atomic E-state index is 8.74. The van der Waals surface area contributed by atoms with Crippen LogP contribution in [0.4, 0.5) is 0 Å². The summed E-state index contributed by atoms with van der Waals surface area (Å²) in [6.45, 7) is 0. The van der Waals surface area contributed by atoms with Crippen molar-refractivity contribution in [3.05, 3.63) is 0 Å². The molecule has 7 heteroatoms. The van der Waals surface area contributed by atoms with Gasteiger partial charge in [0.15, 0.2) is 0 Å². The van der Waals surface area contributed by atoms with Gasteiger partial charge in [0.1, 0.15) is 0 Å². The minimum Gasteiger partial charge on any atom is -1.00 e. The van der Waals surface area contributed by atoms with Crippen molar-refractivity contribution in [2.45, 2.75) is 0 Å². The van der Waals surface area contributed by atoms with Gasteiger partial charge in [0.25, 0.3) is 0 Å². The van der Waals surface area contributed by atoms with Gasteiger partial charge >= 0.3 is 70.0 Å². The smallest absolute Gasteiger partial charge is 1.00 e. The molecule has 0 unspecified atom stereocenters. The van der Waals surface area contributed by atoms with E-state index in [0.29, 0.717) is 0 Å². The fourth-order valence-corrected chi connectivity index (χ4v) is 0. The van der Waals surface area contributed by atoms with Gasteiger partial charge < -0.3 is 20.8 Å². The van der Waals surface area contributed by atoms with E-state index < -0.39 is 9.17 Å². The van der Waals surface area contributed by atoms with Crippen LogP contribution in [0.5, 0.6) is 0 Å². The third-order valence-electron chi connectivity index (χ3n) is 0. The van der Waals surface area contributed by atoms with E-state index in [1.54, 1.807) is 0 Å². The van der Waals surface area contributed by atoms with E-state index in [-0.39, 0.29) is 72.0 Å². The van der Waals surface area contributed by atoms with Crippen molar-refractivity contribution in [3.63, 3.8) is 0 Å². The molecule has 0 spiro atoms. The molecule has 0 aromatic rings. The maximum absolute atomic E-state index is 8.74. The van der Waals surface area contributed by atoms with Gasteiger partial charge in [0, 0.05) is 0 Å². The van der Waals surface area contributed by atoms with Crippen molar-refractivity contribution < 1.29 is 25.2 Å². The van der Waals surface area contributed by atoms with Crippen LogP contribution < -0.4 is 0 Å². The molecule has 0 aromatic carbocycles. The molecule has 0 amide bonds. The second-order valence-corrected chi connectivity index (χ2v) is 0.848. The Bertz CT molecular complexity index is 45.1. The molecule has 7 heavy (non-hydrogen) atoms. The van der Waals surface area contributed by atoms with Crippen molar-refractivity contribution in [2.24, 2.45) is 0 Å². The first kappa shape index (κ1) is 23.5. The Morgan fingerprint density at radius 2 is 1.43 bits per heavy atom. The molecule has 0 atom stereocenters. The molecular formula is H8CaMgO4Si. The Morgan fingerprint density at radius 3 is 1.43 bits per heavy atom. The molecule has 0 bridgehead atoms. The summed E-state index contributed by atoms with van der Waals surface area (Å²) in [4.78, 5) is 14.3. The molecule has 0 saturated heterocycles. The van der Waals surface area contributed by atoms with Gasteiger partial charge in [0.2, 0.25) is 0 Å². The van der Waals surface area contributed by atoms with E-state index in [9.17, 15) is 0 Å². The largest absolute Gasteiger partial charge is 2.00 e. The SMILES string of the molecule is O.O=[Si](O)O.[Ca+2].[H-].[H-].[H-].[H-].[Mg+2]. The number of hydrogen-bond donors (Lipinski definition) is 2. The summed E-state index contributed by atoms with van der Waals surface area (Å²) in [5, 5.41) is 0. The molecule has 0 aliphatic heterocycles. The molecule has 4 N–H and O–H groups in total. The predicted molar refractivity (Wildman–Crippen MR) is 30.4 cm³/mol. The first-order valence-electron chi connectivity index (χ1n) is 0.651. The van der Waals surface area contributed by atoms with Crippen molar-refractivity contribution >= 4 is 70.0 Å². The van der Waals surface area contributed by atoms with Gasteiger partial charge in [-0.25, -0.2) is 0 Å². The number of rotatable bonds is 0. The quantitative estimate of drug-likeness (QED) is 0.381. The average Bonchev–Trinajstić information content (AvgIpc) is 0.811. The summed E-state index contributed by atoms with van der Waals surface area (Å²) in [7, 11) is -3.13. The first-order chi connectivity index (χ1) is 1.73. The summed E-state index contributed by atoms with van der Waals surface area (Å²) >= 11 is 0. The fraction of sp³-hybridized carbons (Fsp3) is 0. The van der Waals surface area contributed by atoms with Gasteiger partial charge in [-0.1, -0.05) is 0 Å². The molecule has 0 radical (unpaired) electrons. The Morgan fingerprint density at radius 1 is 1.43 bits per heavy atom. The average molecular weight is 165 g/mol. The molecule has 0 aromatic heterocycles. The summed E-state index contributed by atoms with van der Waals surface area (Å²) in [5.74, 6) is 0. The van der Waals surface area contributed by atoms with Crippen LogP contribution in [0, 0.1) is 0 Å². The van der Waals surface area contributed by atoms with Crippen LogP contribution in [0.15, 0.2) is 0 Å². The minimum absolute atomic E-state index is 0. The molecule has 0 aliphatic carbocycles. The zero-order valence-corrected chi connectivity index (χ0v) is 8.34. The molecule has 4 nitrogen and oxygen atoms in total. The third kappa shape index (κ3) is 92.9. The molecule has 0 fully saturated rings. The van der Waals surface area contributed by atoms with Gasteiger partial charge in [-0.3, -0.25) is 4.46 Å². The van der Waals surface area contributed by atoms with E-state index >= 15 is 0 Å². The molecule has 0 aliphatic rings. The monoisotopic (exact) mass is 164 g/mol. The molecule has 0 rings (SSSR count). The van der Waals surface area contributed by atoms with Gasteiger partial charge in [0.05, 0.1) is 0 Å². The van der Waals surface area contributed by atoms with Crippen molar-refractivity contribution in [2.75, 3.05) is 0 Å². The first-order valence-corrected chi connectivity index (χ1v) is 1.95. The molecule has 0 heterocycles. The Balaban J connectivity index is -0.00000000214. The minimum atomic E-state index is -3.13. The zero-order chi connectivity index (χ0) is 3.58. The molecular weight excluding hydrogens is 156 g/mol. The Hall–Kier alpha value is 1.60. The normalized spacial score (nSPS) is 3.43. The van der Waals surface area contributed by atoms with Crippen LogP contribution in [-0.4, -0.2) is 85.0 Å². The second-order valence-electron chi connectivity index (χ2n) is 0.283. The third-order valence-corrected chi connectivity index (χ3v) is 0. The summed E-state index contributed by atoms with van der Waals surface area (Å²) in [6.07, 6.45) is 0. The summed E-state index contributed by atoms with van der Waals surface area (Å²) < 4.78 is 8.74. The second kappa shape index (κ2) is 15.6. The van der Waals surface area contributed by atoms with Gasteiger partial charge in [-0.15, -0.1) is 0 Å². The van der Waals surface area contributed by atoms with E-state index in [4.69, 9.17) is 14.1 Å². The van der Waals surface area contributed by atoms with Crippen LogP contribution in [0.1, 0.15) is 5.71 Å². The topological polar surface area (TPSA) is 89.0 Å². The Labute approximate surface area is 94.2 Å². The van der Waals surface area contributed by atoms with Crippen LogP contribution in [-0.2, 0) is 4.46 Å². The van der Waals surface area contributed by atoms with Gasteiger partial charge in [-0.05, 0) is 0 Å². The standard InChI is InChI=1S/Ca.Mg.H2O3Si.H2O.4H/c;;1-4(2)3;;;;;/h;;1-2H;1H2;;;;/q2*+2;;;4*-1. The maximum Gasteiger partial charge on any atom is 2.00 e. The predicted octanol–water partition coefficient (Wildman–Crippen LogP) is -2.75. The summed E-state index contributed by atoms with van der Waals surface area (Å²) in [5.41, 5.74) is 0. The van der Waals surface area contributed by atoms with Crippen molar-refractivity contribution in [3.8, 4) is 0 Å². The van der Waals surface area contributed by atoms with E-state index in [0.717, 1.165) is 0 Å². The fourth-order valence-electron chi connectivity index (χ4n) is 0. The van der Waals surface area contributed by atoms with Crippen molar-refractivity contribution in [1.29, 1.82) is 0 Å². The number of hydrogen-bond acceptors (Lipinski definition) is 1. The molecule has 0 saturated carbocycles. The summed E-state index contributed by atoms with van der Waals surface area (Å²) in [6, 6.07) is 0. The zero-order valence-electron chi connectivity index (χ0n) is 7.72.